The molecule has 3 heterocycles. The van der Waals surface area contributed by atoms with Crippen LogP contribution in [-0.2, 0) is 7.05 Å². The lowest BCUT2D eigenvalue weighted by Crippen LogP contribution is -2.08. The Morgan fingerprint density at radius 1 is 1.13 bits per heavy atom. The maximum Gasteiger partial charge on any atom is 0.419 e. The van der Waals surface area contributed by atoms with Crippen molar-refractivity contribution < 1.29 is 9.15 Å². The fraction of sp³-hybridized carbons (Fsp3) is 0.0909. The predicted molar refractivity (Wildman–Crippen MR) is 110 cm³/mol. The molecule has 0 aliphatic carbocycles. The molecule has 30 heavy (non-hydrogen) atoms. The van der Waals surface area contributed by atoms with Crippen LogP contribution in [0.1, 0.15) is 5.56 Å². The van der Waals surface area contributed by atoms with Crippen molar-refractivity contribution >= 4 is 16.7 Å². The van der Waals surface area contributed by atoms with Gasteiger partial charge in [-0.15, -0.1) is 0 Å². The molecule has 146 valence electrons. The summed E-state index contributed by atoms with van der Waals surface area (Å²) in [6.45, 7) is 0. The molecule has 0 aliphatic rings. The fourth-order valence-electron chi connectivity index (χ4n) is 3.56. The molecule has 0 aliphatic heterocycles. The molecule has 5 aromatic rings. The van der Waals surface area contributed by atoms with Crippen LogP contribution < -0.4 is 10.5 Å². The number of nitrogens with zero attached hydrogens (tertiary/aromatic N) is 5. The second kappa shape index (κ2) is 6.60. The van der Waals surface area contributed by atoms with Gasteiger partial charge in [-0.3, -0.25) is 8.97 Å². The number of hydrogen-bond acceptors (Lipinski definition) is 6. The van der Waals surface area contributed by atoms with Crippen LogP contribution in [0.3, 0.4) is 0 Å². The van der Waals surface area contributed by atoms with Crippen molar-refractivity contribution in [3.05, 3.63) is 71.0 Å². The molecular weight excluding hydrogens is 382 g/mol. The van der Waals surface area contributed by atoms with Crippen LogP contribution in [0.2, 0.25) is 0 Å². The number of oxazole rings is 1. The summed E-state index contributed by atoms with van der Waals surface area (Å²) in [6.07, 6.45) is 3.45. The molecule has 0 amide bonds. The highest BCUT2D eigenvalue weighted by Gasteiger charge is 2.20. The van der Waals surface area contributed by atoms with E-state index in [9.17, 15) is 4.79 Å². The maximum atomic E-state index is 11.9. The number of methoxy groups -OCH3 is 1. The quantitative estimate of drug-likeness (QED) is 0.463. The van der Waals surface area contributed by atoms with Gasteiger partial charge in [-0.1, -0.05) is 18.2 Å². The summed E-state index contributed by atoms with van der Waals surface area (Å²) in [5.41, 5.74) is 5.40. The standard InChI is InChI=1S/C22H15N5O3/c1-26-16-8-7-15(11-17(16)30-22(26)28)18-19(14-5-3-13(12-23)4-6-14)25-21(29-2)27-10-9-24-20(18)27/h3-11H,1-2H3. The topological polar surface area (TPSA) is 98.4 Å². The molecule has 0 unspecified atom stereocenters. The number of hydrogen-bond donors (Lipinski definition) is 0. The number of rotatable bonds is 3. The van der Waals surface area contributed by atoms with Gasteiger partial charge in [-0.2, -0.15) is 10.2 Å². The zero-order valence-electron chi connectivity index (χ0n) is 16.2. The predicted octanol–water partition coefficient (Wildman–Crippen LogP) is 3.39. The first-order valence-electron chi connectivity index (χ1n) is 9.12. The third-order valence-corrected chi connectivity index (χ3v) is 5.07. The molecule has 8 heteroatoms. The summed E-state index contributed by atoms with van der Waals surface area (Å²) in [5.74, 6) is -0.423. The van der Waals surface area contributed by atoms with Crippen molar-refractivity contribution in [3.63, 3.8) is 0 Å². The van der Waals surface area contributed by atoms with Gasteiger partial charge in [0.05, 0.1) is 35.5 Å². The number of fused-ring (bicyclic) bond motifs is 2. The summed E-state index contributed by atoms with van der Waals surface area (Å²) in [5, 5.41) is 9.12. The van der Waals surface area contributed by atoms with Crippen LogP contribution in [-0.4, -0.2) is 26.0 Å². The number of nitriles is 1. The van der Waals surface area contributed by atoms with Gasteiger partial charge in [0.2, 0.25) is 0 Å². The fourth-order valence-corrected chi connectivity index (χ4v) is 3.56. The van der Waals surface area contributed by atoms with E-state index in [0.29, 0.717) is 34.0 Å². The minimum absolute atomic E-state index is 0.387. The van der Waals surface area contributed by atoms with E-state index in [1.165, 1.54) is 4.57 Å². The van der Waals surface area contributed by atoms with E-state index in [4.69, 9.17) is 19.4 Å². The van der Waals surface area contributed by atoms with Crippen LogP contribution in [0.15, 0.2) is 64.1 Å². The van der Waals surface area contributed by atoms with E-state index in [2.05, 4.69) is 11.1 Å². The van der Waals surface area contributed by atoms with Crippen LogP contribution in [0.25, 0.3) is 39.1 Å². The zero-order chi connectivity index (χ0) is 20.8. The van der Waals surface area contributed by atoms with Gasteiger partial charge in [0, 0.05) is 25.0 Å². The second-order valence-electron chi connectivity index (χ2n) is 6.74. The Balaban J connectivity index is 1.85. The monoisotopic (exact) mass is 397 g/mol. The summed E-state index contributed by atoms with van der Waals surface area (Å²) in [4.78, 5) is 21.2. The highest BCUT2D eigenvalue weighted by atomic mass is 16.5. The number of imidazole rings is 1. The van der Waals surface area contributed by atoms with Gasteiger partial charge < -0.3 is 9.15 Å². The smallest absolute Gasteiger partial charge is 0.419 e. The zero-order valence-corrected chi connectivity index (χ0v) is 16.2. The molecule has 0 saturated heterocycles. The SMILES string of the molecule is COc1nc(-c2ccc(C#N)cc2)c(-c2ccc3c(c2)oc(=O)n3C)c2nccn12. The Hall–Kier alpha value is -4.38. The van der Waals surface area contributed by atoms with Gasteiger partial charge >= 0.3 is 11.8 Å². The molecule has 0 spiro atoms. The van der Waals surface area contributed by atoms with Crippen LogP contribution >= 0.6 is 0 Å². The second-order valence-corrected chi connectivity index (χ2v) is 6.74. The average molecular weight is 397 g/mol. The number of ether oxygens (including phenoxy) is 1. The van der Waals surface area contributed by atoms with Crippen molar-refractivity contribution in [2.75, 3.05) is 7.11 Å². The van der Waals surface area contributed by atoms with E-state index in [1.807, 2.05) is 30.3 Å². The highest BCUT2D eigenvalue weighted by Crippen LogP contribution is 2.37. The van der Waals surface area contributed by atoms with Crippen molar-refractivity contribution in [1.82, 2.24) is 18.9 Å². The van der Waals surface area contributed by atoms with E-state index < -0.39 is 5.76 Å². The lowest BCUT2D eigenvalue weighted by Gasteiger charge is -2.14. The third-order valence-electron chi connectivity index (χ3n) is 5.07. The van der Waals surface area contributed by atoms with E-state index in [0.717, 1.165) is 16.7 Å². The molecule has 0 fully saturated rings. The molecule has 0 N–H and O–H groups in total. The number of benzene rings is 2. The Morgan fingerprint density at radius 2 is 1.90 bits per heavy atom. The largest absolute Gasteiger partial charge is 0.468 e. The highest BCUT2D eigenvalue weighted by molar-refractivity contribution is 5.93. The normalized spacial score (nSPS) is 11.1. The number of aromatic nitrogens is 4. The number of aryl methyl sites for hydroxylation is 1. The van der Waals surface area contributed by atoms with Crippen molar-refractivity contribution in [2.24, 2.45) is 7.05 Å². The van der Waals surface area contributed by atoms with E-state index in [-0.39, 0.29) is 0 Å². The van der Waals surface area contributed by atoms with Crippen molar-refractivity contribution in [1.29, 1.82) is 5.26 Å². The Labute approximate surface area is 170 Å². The first-order valence-corrected chi connectivity index (χ1v) is 9.12. The first-order chi connectivity index (χ1) is 14.6. The first kappa shape index (κ1) is 17.7. The summed E-state index contributed by atoms with van der Waals surface area (Å²) in [6, 6.07) is 15.2. The van der Waals surface area contributed by atoms with Gasteiger partial charge in [-0.25, -0.2) is 9.78 Å². The Morgan fingerprint density at radius 3 is 2.63 bits per heavy atom. The van der Waals surface area contributed by atoms with Gasteiger partial charge in [0.25, 0.3) is 0 Å². The lowest BCUT2D eigenvalue weighted by atomic mass is 9.99. The van der Waals surface area contributed by atoms with Crippen molar-refractivity contribution in [2.45, 2.75) is 0 Å². The van der Waals surface area contributed by atoms with Crippen LogP contribution in [0.5, 0.6) is 6.01 Å². The van der Waals surface area contributed by atoms with E-state index >= 15 is 0 Å². The minimum atomic E-state index is -0.423. The molecular formula is C22H15N5O3. The summed E-state index contributed by atoms with van der Waals surface area (Å²) < 4.78 is 14.1. The van der Waals surface area contributed by atoms with Crippen LogP contribution in [0.4, 0.5) is 0 Å². The average Bonchev–Trinajstić information content (AvgIpc) is 3.37. The van der Waals surface area contributed by atoms with Crippen LogP contribution in [0, 0.1) is 11.3 Å². The van der Waals surface area contributed by atoms with Gasteiger partial charge in [0.1, 0.15) is 0 Å². The molecule has 3 aromatic heterocycles. The molecule has 0 saturated carbocycles. The van der Waals surface area contributed by atoms with Gasteiger partial charge in [0.15, 0.2) is 11.2 Å². The van der Waals surface area contributed by atoms with Crippen molar-refractivity contribution in [3.8, 4) is 34.5 Å². The molecule has 2 aromatic carbocycles. The molecule has 0 atom stereocenters. The molecule has 0 radical (unpaired) electrons. The Bertz CT molecular complexity index is 1520. The molecule has 0 bridgehead atoms. The Kier molecular flexibility index (Phi) is 3.89. The molecule has 5 rings (SSSR count). The molecule has 8 nitrogen and oxygen atoms in total. The minimum Gasteiger partial charge on any atom is -0.468 e. The lowest BCUT2D eigenvalue weighted by molar-refractivity contribution is 0.375. The van der Waals surface area contributed by atoms with Gasteiger partial charge in [-0.05, 0) is 29.8 Å². The summed E-state index contributed by atoms with van der Waals surface area (Å²) >= 11 is 0. The van der Waals surface area contributed by atoms with E-state index in [1.54, 1.807) is 43.1 Å². The third kappa shape index (κ3) is 2.57. The summed E-state index contributed by atoms with van der Waals surface area (Å²) in [7, 11) is 3.21. The maximum absolute atomic E-state index is 11.9.